The number of aliphatic hydroxyl groups is 1. The Kier molecular flexibility index (Phi) is 7.51. The maximum atomic E-state index is 12.5. The molecule has 1 saturated heterocycles. The van der Waals surface area contributed by atoms with Crippen LogP contribution in [-0.4, -0.2) is 48.5 Å². The number of rotatable bonds is 6. The Morgan fingerprint density at radius 3 is 2.57 bits per heavy atom. The van der Waals surface area contributed by atoms with Gasteiger partial charge in [0.05, 0.1) is 20.2 Å². The minimum atomic E-state index is -1.52. The van der Waals surface area contributed by atoms with Crippen molar-refractivity contribution in [3.05, 3.63) is 42.5 Å². The standard InChI is InChI=1S/C23H37NO3Si/c1-18(12-11-17-28(5,6)19-13-8-7-9-14-19)21(25)20-15-10-16-24(20)22(26)27-23(2,3)4/h7-9,11-14,18,20-21,25H,10,15-17H2,1-6H3/b12-11+/t18?,20-,21?/m1/s1. The van der Waals surface area contributed by atoms with Crippen molar-refractivity contribution in [3.8, 4) is 0 Å². The van der Waals surface area contributed by atoms with Crippen molar-refractivity contribution >= 4 is 19.4 Å². The number of nitrogens with zero attached hydrogens (tertiary/aromatic N) is 1. The van der Waals surface area contributed by atoms with Gasteiger partial charge in [0.15, 0.2) is 0 Å². The van der Waals surface area contributed by atoms with E-state index >= 15 is 0 Å². The number of likely N-dealkylation sites (tertiary alicyclic amines) is 1. The zero-order valence-electron chi connectivity index (χ0n) is 18.3. The second kappa shape index (κ2) is 9.27. The lowest BCUT2D eigenvalue weighted by Gasteiger charge is -2.32. The predicted octanol–water partition coefficient (Wildman–Crippen LogP) is 4.55. The topological polar surface area (TPSA) is 49.8 Å². The van der Waals surface area contributed by atoms with Gasteiger partial charge in [0, 0.05) is 12.5 Å². The van der Waals surface area contributed by atoms with Crippen LogP contribution in [0.1, 0.15) is 40.5 Å². The highest BCUT2D eigenvalue weighted by Crippen LogP contribution is 2.27. The van der Waals surface area contributed by atoms with E-state index in [0.717, 1.165) is 18.9 Å². The lowest BCUT2D eigenvalue weighted by Crippen LogP contribution is -2.46. The van der Waals surface area contributed by atoms with Crippen molar-refractivity contribution in [1.29, 1.82) is 0 Å². The highest BCUT2D eigenvalue weighted by molar-refractivity contribution is 6.90. The maximum Gasteiger partial charge on any atom is 0.410 e. The number of benzene rings is 1. The molecule has 4 nitrogen and oxygen atoms in total. The van der Waals surface area contributed by atoms with Crippen molar-refractivity contribution in [3.63, 3.8) is 0 Å². The molecule has 1 aliphatic rings. The van der Waals surface area contributed by atoms with Crippen LogP contribution in [0.2, 0.25) is 19.1 Å². The molecule has 1 N–H and O–H groups in total. The van der Waals surface area contributed by atoms with Gasteiger partial charge in [-0.15, -0.1) is 0 Å². The van der Waals surface area contributed by atoms with Gasteiger partial charge in [0.25, 0.3) is 0 Å². The number of allylic oxidation sites excluding steroid dienone is 1. The summed E-state index contributed by atoms with van der Waals surface area (Å²) >= 11 is 0. The first kappa shape index (κ1) is 22.7. The smallest absolute Gasteiger partial charge is 0.410 e. The minimum Gasteiger partial charge on any atom is -0.444 e. The Morgan fingerprint density at radius 2 is 1.96 bits per heavy atom. The Morgan fingerprint density at radius 1 is 1.32 bits per heavy atom. The molecular formula is C23H37NO3Si. The third-order valence-electron chi connectivity index (χ3n) is 5.48. The van der Waals surface area contributed by atoms with E-state index in [9.17, 15) is 9.90 Å². The van der Waals surface area contributed by atoms with Crippen LogP contribution in [0.15, 0.2) is 42.5 Å². The summed E-state index contributed by atoms with van der Waals surface area (Å²) in [6.45, 7) is 13.0. The van der Waals surface area contributed by atoms with E-state index in [2.05, 4.69) is 55.6 Å². The third-order valence-corrected chi connectivity index (χ3v) is 8.64. The average molecular weight is 404 g/mol. The number of aliphatic hydroxyl groups excluding tert-OH is 1. The van der Waals surface area contributed by atoms with E-state index in [1.807, 2.05) is 27.7 Å². The van der Waals surface area contributed by atoms with Crippen LogP contribution in [0.25, 0.3) is 0 Å². The SMILES string of the molecule is CC(/C=C/C[Si](C)(C)c1ccccc1)C(O)[C@H]1CCCN1C(=O)OC(C)(C)C. The summed E-state index contributed by atoms with van der Waals surface area (Å²) in [6.07, 6.45) is 5.18. The van der Waals surface area contributed by atoms with Gasteiger partial charge in [-0.3, -0.25) is 0 Å². The second-order valence-corrected chi connectivity index (χ2v) is 14.4. The highest BCUT2D eigenvalue weighted by atomic mass is 28.3. The number of hydrogen-bond donors (Lipinski definition) is 1. The molecule has 0 radical (unpaired) electrons. The third kappa shape index (κ3) is 6.21. The van der Waals surface area contributed by atoms with Gasteiger partial charge in [-0.05, 0) is 39.7 Å². The van der Waals surface area contributed by atoms with E-state index in [0.29, 0.717) is 6.54 Å². The van der Waals surface area contributed by atoms with E-state index in [4.69, 9.17) is 4.74 Å². The summed E-state index contributed by atoms with van der Waals surface area (Å²) in [5.41, 5.74) is -0.520. The Bertz CT molecular complexity index is 666. The minimum absolute atomic E-state index is 0.00592. The number of amides is 1. The fraction of sp³-hybridized carbons (Fsp3) is 0.609. The zero-order valence-corrected chi connectivity index (χ0v) is 19.3. The number of ether oxygens (including phenoxy) is 1. The summed E-state index contributed by atoms with van der Waals surface area (Å²) in [5.74, 6) is -0.00592. The molecule has 1 amide bonds. The molecule has 1 aromatic rings. The van der Waals surface area contributed by atoms with Crippen LogP contribution < -0.4 is 5.19 Å². The quantitative estimate of drug-likeness (QED) is 0.560. The predicted molar refractivity (Wildman–Crippen MR) is 119 cm³/mol. The van der Waals surface area contributed by atoms with Crippen LogP contribution in [0.4, 0.5) is 4.79 Å². The molecule has 1 aromatic carbocycles. The average Bonchev–Trinajstić information content (AvgIpc) is 3.10. The highest BCUT2D eigenvalue weighted by Gasteiger charge is 2.37. The van der Waals surface area contributed by atoms with Crippen molar-refractivity contribution in [2.24, 2.45) is 5.92 Å². The van der Waals surface area contributed by atoms with Gasteiger partial charge in [-0.25, -0.2) is 4.79 Å². The number of carbonyl (C=O) groups excluding carboxylic acids is 1. The second-order valence-electron chi connectivity index (χ2n) is 9.62. The van der Waals surface area contributed by atoms with Gasteiger partial charge in [0.1, 0.15) is 5.60 Å². The summed E-state index contributed by atoms with van der Waals surface area (Å²) in [7, 11) is -1.52. The Labute approximate surface area is 171 Å². The molecule has 5 heteroatoms. The van der Waals surface area contributed by atoms with E-state index in [1.165, 1.54) is 5.19 Å². The summed E-state index contributed by atoms with van der Waals surface area (Å²) in [4.78, 5) is 14.2. The molecule has 0 spiro atoms. The molecule has 0 aromatic heterocycles. The van der Waals surface area contributed by atoms with Crippen LogP contribution in [0.5, 0.6) is 0 Å². The lowest BCUT2D eigenvalue weighted by molar-refractivity contribution is -0.00103. The van der Waals surface area contributed by atoms with Crippen LogP contribution in [-0.2, 0) is 4.74 Å². The van der Waals surface area contributed by atoms with Gasteiger partial charge in [-0.2, -0.15) is 0 Å². The normalized spacial score (nSPS) is 20.4. The Balaban J connectivity index is 1.96. The van der Waals surface area contributed by atoms with Crippen molar-refractivity contribution < 1.29 is 14.6 Å². The maximum absolute atomic E-state index is 12.5. The van der Waals surface area contributed by atoms with Gasteiger partial charge < -0.3 is 14.7 Å². The first-order valence-corrected chi connectivity index (χ1v) is 13.6. The van der Waals surface area contributed by atoms with Crippen molar-refractivity contribution in [1.82, 2.24) is 4.90 Å². The molecule has 0 aliphatic carbocycles. The lowest BCUT2D eigenvalue weighted by atomic mass is 9.96. The molecule has 1 aliphatic heterocycles. The van der Waals surface area contributed by atoms with Gasteiger partial charge >= 0.3 is 6.09 Å². The largest absolute Gasteiger partial charge is 0.444 e. The van der Waals surface area contributed by atoms with E-state index in [-0.39, 0.29) is 18.1 Å². The monoisotopic (exact) mass is 403 g/mol. The van der Waals surface area contributed by atoms with Crippen LogP contribution >= 0.6 is 0 Å². The molecule has 0 saturated carbocycles. The fourth-order valence-electron chi connectivity index (χ4n) is 3.74. The van der Waals surface area contributed by atoms with Gasteiger partial charge in [0.2, 0.25) is 0 Å². The van der Waals surface area contributed by atoms with Crippen LogP contribution in [0, 0.1) is 5.92 Å². The molecule has 2 rings (SSSR count). The van der Waals surface area contributed by atoms with Crippen molar-refractivity contribution in [2.45, 2.75) is 77.4 Å². The molecule has 156 valence electrons. The molecule has 1 heterocycles. The molecule has 3 atom stereocenters. The summed E-state index contributed by atoms with van der Waals surface area (Å²) in [6, 6.07) is 11.6. The van der Waals surface area contributed by atoms with E-state index in [1.54, 1.807) is 4.90 Å². The van der Waals surface area contributed by atoms with E-state index < -0.39 is 19.8 Å². The van der Waals surface area contributed by atoms with Crippen molar-refractivity contribution in [2.75, 3.05) is 6.54 Å². The summed E-state index contributed by atoms with van der Waals surface area (Å²) < 4.78 is 5.52. The Hall–Kier alpha value is -1.59. The first-order valence-electron chi connectivity index (χ1n) is 10.4. The molecule has 0 bridgehead atoms. The molecule has 2 unspecified atom stereocenters. The number of hydrogen-bond acceptors (Lipinski definition) is 3. The molecular weight excluding hydrogens is 366 g/mol. The zero-order chi connectivity index (χ0) is 20.9. The number of carbonyl (C=O) groups is 1. The summed E-state index contributed by atoms with van der Waals surface area (Å²) in [5, 5.41) is 12.3. The molecule has 28 heavy (non-hydrogen) atoms. The van der Waals surface area contributed by atoms with Crippen LogP contribution in [0.3, 0.4) is 0 Å². The molecule has 1 fully saturated rings. The first-order chi connectivity index (χ1) is 13.0. The van der Waals surface area contributed by atoms with Gasteiger partial charge in [-0.1, -0.05) is 67.7 Å². The fourth-order valence-corrected chi connectivity index (χ4v) is 5.80.